The van der Waals surface area contributed by atoms with Crippen molar-refractivity contribution in [3.63, 3.8) is 0 Å². The van der Waals surface area contributed by atoms with E-state index in [-0.39, 0.29) is 0 Å². The first-order valence-corrected chi connectivity index (χ1v) is 15.5. The normalized spacial score (nSPS) is 12.2. The van der Waals surface area contributed by atoms with Crippen LogP contribution in [0.2, 0.25) is 0 Å². The van der Waals surface area contributed by atoms with Gasteiger partial charge in [-0.3, -0.25) is 0 Å². The molecule has 1 aliphatic rings. The Bertz CT molecular complexity index is 2680. The standard InChI is InChI=1S/C44H26O/c1-2-10-29-24-31(17-16-27(29)8-1)34-21-23-42-44-36(34)14-7-15-37(44)40-26-32(19-22-41(40)45-42)43-35-13-6-4-11-30(35)25-39-33-12-5-3-9-28(33)18-20-38(39)43/h1-26H. The first-order valence-electron chi connectivity index (χ1n) is 15.5. The second kappa shape index (κ2) is 9.29. The molecule has 9 aromatic rings. The van der Waals surface area contributed by atoms with Crippen LogP contribution in [0.1, 0.15) is 0 Å². The Kier molecular flexibility index (Phi) is 5.06. The van der Waals surface area contributed by atoms with Gasteiger partial charge in [-0.05, 0) is 107 Å². The Labute approximate surface area is 260 Å². The van der Waals surface area contributed by atoms with Crippen LogP contribution in [0.5, 0.6) is 11.5 Å². The SMILES string of the molecule is c1ccc2cc(-c3ccc4c5c(cccc35)-c3cc(-c5c6ccccc6cc6c5ccc5ccccc56)ccc3O4)ccc2c1. The Hall–Kier alpha value is -5.92. The van der Waals surface area contributed by atoms with Crippen molar-refractivity contribution in [3.05, 3.63) is 158 Å². The molecule has 1 nitrogen and oxygen atoms in total. The van der Waals surface area contributed by atoms with Crippen molar-refractivity contribution in [2.45, 2.75) is 0 Å². The highest BCUT2D eigenvalue weighted by atomic mass is 16.5. The second-order valence-electron chi connectivity index (χ2n) is 12.1. The van der Waals surface area contributed by atoms with Crippen LogP contribution in [0.25, 0.3) is 87.2 Å². The third-order valence-electron chi connectivity index (χ3n) is 9.61. The smallest absolute Gasteiger partial charge is 0.135 e. The summed E-state index contributed by atoms with van der Waals surface area (Å²) in [6.07, 6.45) is 0. The van der Waals surface area contributed by atoms with Crippen LogP contribution < -0.4 is 4.74 Å². The van der Waals surface area contributed by atoms with E-state index in [9.17, 15) is 0 Å². The third kappa shape index (κ3) is 3.62. The zero-order chi connectivity index (χ0) is 29.5. The van der Waals surface area contributed by atoms with Gasteiger partial charge in [-0.1, -0.05) is 127 Å². The van der Waals surface area contributed by atoms with Crippen molar-refractivity contribution in [2.75, 3.05) is 0 Å². The highest BCUT2D eigenvalue weighted by Gasteiger charge is 2.23. The molecule has 0 bridgehead atoms. The largest absolute Gasteiger partial charge is 0.456 e. The molecule has 0 fully saturated rings. The van der Waals surface area contributed by atoms with Gasteiger partial charge in [0.25, 0.3) is 0 Å². The summed E-state index contributed by atoms with van der Waals surface area (Å²) in [5.74, 6) is 1.81. The van der Waals surface area contributed by atoms with E-state index in [0.29, 0.717) is 0 Å². The lowest BCUT2D eigenvalue weighted by atomic mass is 9.86. The molecule has 0 aliphatic carbocycles. The lowest BCUT2D eigenvalue weighted by Gasteiger charge is -2.24. The molecule has 1 heterocycles. The van der Waals surface area contributed by atoms with E-state index < -0.39 is 0 Å². The van der Waals surface area contributed by atoms with E-state index in [1.165, 1.54) is 81.7 Å². The van der Waals surface area contributed by atoms with Crippen molar-refractivity contribution in [2.24, 2.45) is 0 Å². The summed E-state index contributed by atoms with van der Waals surface area (Å²) in [5, 5.41) is 12.5. The highest BCUT2D eigenvalue weighted by Crippen LogP contribution is 2.50. The summed E-state index contributed by atoms with van der Waals surface area (Å²) in [7, 11) is 0. The number of ether oxygens (including phenoxy) is 1. The average molecular weight is 571 g/mol. The predicted octanol–water partition coefficient (Wildman–Crippen LogP) is 12.6. The molecule has 10 rings (SSSR count). The Morgan fingerprint density at radius 1 is 0.311 bits per heavy atom. The van der Waals surface area contributed by atoms with E-state index in [2.05, 4.69) is 158 Å². The van der Waals surface area contributed by atoms with Gasteiger partial charge in [0.15, 0.2) is 0 Å². The van der Waals surface area contributed by atoms with Crippen LogP contribution in [0, 0.1) is 0 Å². The lowest BCUT2D eigenvalue weighted by Crippen LogP contribution is -1.98. The molecule has 208 valence electrons. The molecule has 0 spiro atoms. The number of fused-ring (bicyclic) bond motifs is 7. The average Bonchev–Trinajstić information content (AvgIpc) is 3.10. The summed E-state index contributed by atoms with van der Waals surface area (Å²) in [5.41, 5.74) is 7.23. The van der Waals surface area contributed by atoms with Gasteiger partial charge in [-0.15, -0.1) is 0 Å². The Balaban J connectivity index is 1.22. The maximum absolute atomic E-state index is 6.63. The van der Waals surface area contributed by atoms with Crippen LogP contribution in [0.15, 0.2) is 158 Å². The molecule has 45 heavy (non-hydrogen) atoms. The van der Waals surface area contributed by atoms with E-state index in [4.69, 9.17) is 4.74 Å². The van der Waals surface area contributed by atoms with Gasteiger partial charge in [-0.2, -0.15) is 0 Å². The number of hydrogen-bond acceptors (Lipinski definition) is 1. The number of rotatable bonds is 2. The third-order valence-corrected chi connectivity index (χ3v) is 9.61. The first kappa shape index (κ1) is 24.5. The van der Waals surface area contributed by atoms with Crippen molar-refractivity contribution in [1.82, 2.24) is 0 Å². The molecule has 0 radical (unpaired) electrons. The van der Waals surface area contributed by atoms with E-state index in [1.54, 1.807) is 0 Å². The summed E-state index contributed by atoms with van der Waals surface area (Å²) in [6, 6.07) is 57.4. The minimum absolute atomic E-state index is 0.896. The van der Waals surface area contributed by atoms with Crippen LogP contribution in [-0.2, 0) is 0 Å². The predicted molar refractivity (Wildman–Crippen MR) is 190 cm³/mol. The molecule has 0 saturated heterocycles. The molecule has 0 aromatic heterocycles. The molecule has 0 amide bonds. The van der Waals surface area contributed by atoms with Gasteiger partial charge in [0.1, 0.15) is 11.5 Å². The molecule has 0 saturated carbocycles. The van der Waals surface area contributed by atoms with E-state index >= 15 is 0 Å². The van der Waals surface area contributed by atoms with Crippen molar-refractivity contribution < 1.29 is 4.74 Å². The Morgan fingerprint density at radius 3 is 1.93 bits per heavy atom. The van der Waals surface area contributed by atoms with Gasteiger partial charge in [-0.25, -0.2) is 0 Å². The maximum atomic E-state index is 6.63. The summed E-state index contributed by atoms with van der Waals surface area (Å²) >= 11 is 0. The van der Waals surface area contributed by atoms with E-state index in [1.807, 2.05) is 0 Å². The monoisotopic (exact) mass is 570 g/mol. The second-order valence-corrected chi connectivity index (χ2v) is 12.1. The molecule has 9 aromatic carbocycles. The summed E-state index contributed by atoms with van der Waals surface area (Å²) in [6.45, 7) is 0. The minimum Gasteiger partial charge on any atom is -0.456 e. The van der Waals surface area contributed by atoms with Crippen molar-refractivity contribution in [1.29, 1.82) is 0 Å². The summed E-state index contributed by atoms with van der Waals surface area (Å²) in [4.78, 5) is 0. The zero-order valence-corrected chi connectivity index (χ0v) is 24.4. The molecule has 1 heteroatoms. The summed E-state index contributed by atoms with van der Waals surface area (Å²) < 4.78 is 6.63. The van der Waals surface area contributed by atoms with Gasteiger partial charge in [0.2, 0.25) is 0 Å². The van der Waals surface area contributed by atoms with Crippen molar-refractivity contribution in [3.8, 4) is 44.9 Å². The quantitative estimate of drug-likeness (QED) is 0.148. The molecule has 0 unspecified atom stereocenters. The van der Waals surface area contributed by atoms with Crippen molar-refractivity contribution >= 4 is 53.9 Å². The molecular formula is C44H26O. The first-order chi connectivity index (χ1) is 22.3. The highest BCUT2D eigenvalue weighted by molar-refractivity contribution is 6.20. The Morgan fingerprint density at radius 2 is 1.02 bits per heavy atom. The molecular weight excluding hydrogens is 544 g/mol. The molecule has 0 atom stereocenters. The molecule has 1 aliphatic heterocycles. The van der Waals surface area contributed by atoms with Gasteiger partial charge in [0, 0.05) is 10.9 Å². The van der Waals surface area contributed by atoms with Gasteiger partial charge >= 0.3 is 0 Å². The lowest BCUT2D eigenvalue weighted by molar-refractivity contribution is 0.487. The fourth-order valence-corrected chi connectivity index (χ4v) is 7.53. The number of hydrogen-bond donors (Lipinski definition) is 0. The topological polar surface area (TPSA) is 9.23 Å². The van der Waals surface area contributed by atoms with Crippen LogP contribution >= 0.6 is 0 Å². The van der Waals surface area contributed by atoms with Gasteiger partial charge < -0.3 is 4.74 Å². The zero-order valence-electron chi connectivity index (χ0n) is 24.4. The van der Waals surface area contributed by atoms with Crippen LogP contribution in [0.4, 0.5) is 0 Å². The fourth-order valence-electron chi connectivity index (χ4n) is 7.53. The molecule has 0 N–H and O–H groups in total. The van der Waals surface area contributed by atoms with Gasteiger partial charge in [0.05, 0.1) is 0 Å². The fraction of sp³-hybridized carbons (Fsp3) is 0. The maximum Gasteiger partial charge on any atom is 0.135 e. The van der Waals surface area contributed by atoms with E-state index in [0.717, 1.165) is 17.1 Å². The minimum atomic E-state index is 0.896. The number of benzene rings is 9. The van der Waals surface area contributed by atoms with Crippen LogP contribution in [0.3, 0.4) is 0 Å². The van der Waals surface area contributed by atoms with Crippen LogP contribution in [-0.4, -0.2) is 0 Å².